The second-order valence-corrected chi connectivity index (χ2v) is 5.86. The summed E-state index contributed by atoms with van der Waals surface area (Å²) in [6.07, 6.45) is 1.63. The molecule has 4 heteroatoms. The van der Waals surface area contributed by atoms with Crippen molar-refractivity contribution in [3.63, 3.8) is 0 Å². The minimum atomic E-state index is -0.0969. The summed E-state index contributed by atoms with van der Waals surface area (Å²) in [4.78, 5) is 12.1. The fraction of sp³-hybridized carbons (Fsp3) is 0.562. The molecular formula is C16H25NO3. The number of ether oxygens (including phenoxy) is 1. The van der Waals surface area contributed by atoms with Crippen molar-refractivity contribution >= 4 is 5.91 Å². The number of aliphatic hydroxyl groups excluding tert-OH is 1. The van der Waals surface area contributed by atoms with E-state index in [2.05, 4.69) is 19.2 Å². The fourth-order valence-electron chi connectivity index (χ4n) is 2.03. The number of benzene rings is 1. The van der Waals surface area contributed by atoms with E-state index < -0.39 is 0 Å². The maximum absolute atomic E-state index is 12.1. The molecule has 1 amide bonds. The summed E-state index contributed by atoms with van der Waals surface area (Å²) in [7, 11) is 1.60. The third kappa shape index (κ3) is 4.85. The highest BCUT2D eigenvalue weighted by Crippen LogP contribution is 2.22. The number of nitrogens with one attached hydrogen (secondary N) is 1. The van der Waals surface area contributed by atoms with Crippen LogP contribution in [-0.4, -0.2) is 31.3 Å². The fourth-order valence-corrected chi connectivity index (χ4v) is 2.03. The van der Waals surface area contributed by atoms with Gasteiger partial charge >= 0.3 is 0 Å². The van der Waals surface area contributed by atoms with Gasteiger partial charge in [-0.3, -0.25) is 4.79 Å². The number of hydrogen-bond acceptors (Lipinski definition) is 3. The third-order valence-corrected chi connectivity index (χ3v) is 3.41. The molecule has 0 radical (unpaired) electrons. The van der Waals surface area contributed by atoms with Gasteiger partial charge in [-0.2, -0.15) is 0 Å². The van der Waals surface area contributed by atoms with E-state index in [-0.39, 0.29) is 17.9 Å². The van der Waals surface area contributed by atoms with Gasteiger partial charge < -0.3 is 15.2 Å². The van der Waals surface area contributed by atoms with Gasteiger partial charge in [0, 0.05) is 18.7 Å². The van der Waals surface area contributed by atoms with Crippen LogP contribution in [-0.2, 0) is 0 Å². The highest BCUT2D eigenvalue weighted by molar-refractivity contribution is 5.94. The molecule has 0 bridgehead atoms. The molecule has 0 saturated carbocycles. The number of hydrogen-bond donors (Lipinski definition) is 2. The van der Waals surface area contributed by atoms with Gasteiger partial charge in [-0.1, -0.05) is 19.9 Å². The second-order valence-electron chi connectivity index (χ2n) is 5.86. The lowest BCUT2D eigenvalue weighted by molar-refractivity contribution is 0.0932. The zero-order valence-corrected chi connectivity index (χ0v) is 12.8. The Bertz CT molecular complexity index is 455. The molecule has 20 heavy (non-hydrogen) atoms. The van der Waals surface area contributed by atoms with Crippen LogP contribution in [0.2, 0.25) is 0 Å². The Hall–Kier alpha value is -1.55. The number of aliphatic hydroxyl groups is 1. The molecule has 2 N–H and O–H groups in total. The van der Waals surface area contributed by atoms with Crippen LogP contribution in [0.3, 0.4) is 0 Å². The lowest BCUT2D eigenvalue weighted by atomic mass is 9.88. The minimum absolute atomic E-state index is 0.0207. The van der Waals surface area contributed by atoms with Crippen LogP contribution in [0.15, 0.2) is 18.2 Å². The summed E-state index contributed by atoms with van der Waals surface area (Å²) in [6.45, 7) is 6.88. The molecule has 0 aliphatic rings. The Morgan fingerprint density at radius 3 is 2.70 bits per heavy atom. The molecule has 0 aliphatic carbocycles. The lowest BCUT2D eigenvalue weighted by Gasteiger charge is -2.24. The SMILES string of the molecule is COc1cc(C(=O)NCC(C)(C)CCCO)ccc1C. The van der Waals surface area contributed by atoms with Crippen molar-refractivity contribution in [2.45, 2.75) is 33.6 Å². The van der Waals surface area contributed by atoms with E-state index in [4.69, 9.17) is 9.84 Å². The molecule has 0 spiro atoms. The van der Waals surface area contributed by atoms with Crippen molar-refractivity contribution in [3.8, 4) is 5.75 Å². The normalized spacial score (nSPS) is 11.2. The molecule has 0 fully saturated rings. The molecule has 0 unspecified atom stereocenters. The molecular weight excluding hydrogens is 254 g/mol. The van der Waals surface area contributed by atoms with E-state index in [0.29, 0.717) is 12.1 Å². The van der Waals surface area contributed by atoms with E-state index in [1.165, 1.54) is 0 Å². The molecule has 0 atom stereocenters. The summed E-state index contributed by atoms with van der Waals surface area (Å²) in [6, 6.07) is 5.43. The first kappa shape index (κ1) is 16.5. The van der Waals surface area contributed by atoms with Crippen LogP contribution >= 0.6 is 0 Å². The monoisotopic (exact) mass is 279 g/mol. The van der Waals surface area contributed by atoms with Gasteiger partial charge in [0.1, 0.15) is 5.75 Å². The van der Waals surface area contributed by atoms with E-state index in [1.54, 1.807) is 19.2 Å². The Morgan fingerprint density at radius 2 is 2.10 bits per heavy atom. The predicted molar refractivity (Wildman–Crippen MR) is 80.2 cm³/mol. The molecule has 0 heterocycles. The Labute approximate surface area is 121 Å². The zero-order valence-electron chi connectivity index (χ0n) is 12.8. The van der Waals surface area contributed by atoms with E-state index in [0.717, 1.165) is 24.2 Å². The topological polar surface area (TPSA) is 58.6 Å². The smallest absolute Gasteiger partial charge is 0.251 e. The molecule has 1 rings (SSSR count). The number of carbonyl (C=O) groups excluding carboxylic acids is 1. The average molecular weight is 279 g/mol. The van der Waals surface area contributed by atoms with Gasteiger partial charge in [0.05, 0.1) is 7.11 Å². The van der Waals surface area contributed by atoms with Crippen LogP contribution in [0.25, 0.3) is 0 Å². The van der Waals surface area contributed by atoms with Crippen molar-refractivity contribution in [1.82, 2.24) is 5.32 Å². The van der Waals surface area contributed by atoms with Gasteiger partial charge in [0.15, 0.2) is 0 Å². The number of carbonyl (C=O) groups is 1. The number of aryl methyl sites for hydroxylation is 1. The van der Waals surface area contributed by atoms with Crippen LogP contribution in [0.4, 0.5) is 0 Å². The second kappa shape index (κ2) is 7.29. The minimum Gasteiger partial charge on any atom is -0.496 e. The molecule has 112 valence electrons. The summed E-state index contributed by atoms with van der Waals surface area (Å²) in [5.74, 6) is 0.623. The molecule has 4 nitrogen and oxygen atoms in total. The van der Waals surface area contributed by atoms with Gasteiger partial charge in [-0.05, 0) is 42.9 Å². The van der Waals surface area contributed by atoms with Crippen molar-refractivity contribution in [3.05, 3.63) is 29.3 Å². The number of methoxy groups -OCH3 is 1. The van der Waals surface area contributed by atoms with Crippen molar-refractivity contribution in [1.29, 1.82) is 0 Å². The highest BCUT2D eigenvalue weighted by atomic mass is 16.5. The van der Waals surface area contributed by atoms with E-state index in [9.17, 15) is 4.79 Å². The quantitative estimate of drug-likeness (QED) is 0.806. The summed E-state index contributed by atoms with van der Waals surface area (Å²) in [5.41, 5.74) is 1.59. The Kier molecular flexibility index (Phi) is 6.02. The van der Waals surface area contributed by atoms with Gasteiger partial charge in [0.25, 0.3) is 5.91 Å². The van der Waals surface area contributed by atoms with Gasteiger partial charge in [-0.25, -0.2) is 0 Å². The maximum atomic E-state index is 12.1. The highest BCUT2D eigenvalue weighted by Gasteiger charge is 2.19. The van der Waals surface area contributed by atoms with Crippen molar-refractivity contribution in [2.75, 3.05) is 20.3 Å². The van der Waals surface area contributed by atoms with Crippen LogP contribution in [0.1, 0.15) is 42.6 Å². The van der Waals surface area contributed by atoms with Gasteiger partial charge in [-0.15, -0.1) is 0 Å². The number of rotatable bonds is 7. The molecule has 1 aromatic carbocycles. The van der Waals surface area contributed by atoms with Crippen molar-refractivity contribution < 1.29 is 14.6 Å². The van der Waals surface area contributed by atoms with Crippen LogP contribution in [0, 0.1) is 12.3 Å². The predicted octanol–water partition coefficient (Wildman–Crippen LogP) is 2.53. The molecule has 0 aliphatic heterocycles. The Balaban J connectivity index is 2.63. The molecule has 1 aromatic rings. The van der Waals surface area contributed by atoms with Gasteiger partial charge in [0.2, 0.25) is 0 Å². The summed E-state index contributed by atoms with van der Waals surface area (Å²) in [5, 5.41) is 11.8. The molecule has 0 aromatic heterocycles. The standard InChI is InChI=1S/C16H25NO3/c1-12-6-7-13(10-14(12)20-4)15(19)17-11-16(2,3)8-5-9-18/h6-7,10,18H,5,8-9,11H2,1-4H3,(H,17,19). The number of amides is 1. The lowest BCUT2D eigenvalue weighted by Crippen LogP contribution is -2.34. The van der Waals surface area contributed by atoms with Crippen molar-refractivity contribution in [2.24, 2.45) is 5.41 Å². The molecule has 0 saturated heterocycles. The average Bonchev–Trinajstić information content (AvgIpc) is 2.43. The van der Waals surface area contributed by atoms with E-state index in [1.807, 2.05) is 13.0 Å². The first-order chi connectivity index (χ1) is 9.39. The first-order valence-electron chi connectivity index (χ1n) is 6.93. The van der Waals surface area contributed by atoms with E-state index >= 15 is 0 Å². The first-order valence-corrected chi connectivity index (χ1v) is 6.93. The zero-order chi connectivity index (χ0) is 15.2. The Morgan fingerprint density at radius 1 is 1.40 bits per heavy atom. The van der Waals surface area contributed by atoms with Crippen LogP contribution in [0.5, 0.6) is 5.75 Å². The third-order valence-electron chi connectivity index (χ3n) is 3.41. The summed E-state index contributed by atoms with van der Waals surface area (Å²) < 4.78 is 5.23. The maximum Gasteiger partial charge on any atom is 0.251 e. The largest absolute Gasteiger partial charge is 0.496 e. The summed E-state index contributed by atoms with van der Waals surface area (Å²) >= 11 is 0. The van der Waals surface area contributed by atoms with Crippen LogP contribution < -0.4 is 10.1 Å².